The fraction of sp³-hybridized carbons (Fsp3) is 0.267. The van der Waals surface area contributed by atoms with E-state index in [0.717, 1.165) is 0 Å². The largest absolute Gasteiger partial charge is 0.443 e. The number of carbonyl (C=O) groups is 1. The number of benzene rings is 1. The first-order valence-corrected chi connectivity index (χ1v) is 7.83. The van der Waals surface area contributed by atoms with Gasteiger partial charge in [-0.3, -0.25) is 4.57 Å². The van der Waals surface area contributed by atoms with Crippen molar-refractivity contribution in [2.45, 2.75) is 26.4 Å². The van der Waals surface area contributed by atoms with E-state index in [1.54, 1.807) is 51.2 Å². The maximum Gasteiger partial charge on any atom is 0.419 e. The quantitative estimate of drug-likeness (QED) is 0.603. The van der Waals surface area contributed by atoms with Gasteiger partial charge in [0.05, 0.1) is 10.2 Å². The first-order chi connectivity index (χ1) is 9.69. The van der Waals surface area contributed by atoms with Crippen molar-refractivity contribution in [3.05, 3.63) is 45.2 Å². The van der Waals surface area contributed by atoms with Gasteiger partial charge in [-0.05, 0) is 70.8 Å². The minimum absolute atomic E-state index is 0.320. The molecule has 6 heteroatoms. The fourth-order valence-electron chi connectivity index (χ4n) is 1.80. The molecular weight excluding hydrogens is 405 g/mol. The summed E-state index contributed by atoms with van der Waals surface area (Å²) < 4.78 is 21.9. The van der Waals surface area contributed by atoms with E-state index in [2.05, 4.69) is 31.9 Å². The monoisotopic (exact) mass is 417 g/mol. The van der Waals surface area contributed by atoms with E-state index < -0.39 is 17.5 Å². The van der Waals surface area contributed by atoms with Gasteiger partial charge < -0.3 is 4.74 Å². The van der Waals surface area contributed by atoms with Crippen molar-refractivity contribution in [3.8, 4) is 11.3 Å². The Hall–Kier alpha value is -1.14. The zero-order valence-corrected chi connectivity index (χ0v) is 15.0. The number of hydrogen-bond donors (Lipinski definition) is 0. The van der Waals surface area contributed by atoms with Crippen molar-refractivity contribution in [3.63, 3.8) is 0 Å². The molecular formula is C15H14Br2FNO2. The summed E-state index contributed by atoms with van der Waals surface area (Å²) in [5.41, 5.74) is 0.122. The Balaban J connectivity index is 2.51. The van der Waals surface area contributed by atoms with Crippen LogP contribution in [0.2, 0.25) is 0 Å². The van der Waals surface area contributed by atoms with Crippen molar-refractivity contribution in [1.82, 2.24) is 4.57 Å². The van der Waals surface area contributed by atoms with E-state index >= 15 is 0 Å². The Morgan fingerprint density at radius 1 is 1.29 bits per heavy atom. The van der Waals surface area contributed by atoms with E-state index in [1.165, 1.54) is 4.57 Å². The first kappa shape index (κ1) is 16.2. The highest BCUT2D eigenvalue weighted by Crippen LogP contribution is 2.31. The zero-order chi connectivity index (χ0) is 15.8. The summed E-state index contributed by atoms with van der Waals surface area (Å²) in [6.45, 7) is 5.34. The molecule has 0 aliphatic carbocycles. The summed E-state index contributed by atoms with van der Waals surface area (Å²) >= 11 is 6.46. The second-order valence-corrected chi connectivity index (χ2v) is 7.27. The maximum absolute atomic E-state index is 14.3. The molecule has 0 bridgehead atoms. The molecule has 2 rings (SSSR count). The van der Waals surface area contributed by atoms with Crippen LogP contribution in [0.4, 0.5) is 9.18 Å². The Morgan fingerprint density at radius 2 is 1.95 bits per heavy atom. The maximum atomic E-state index is 14.3. The van der Waals surface area contributed by atoms with E-state index in [1.807, 2.05) is 0 Å². The summed E-state index contributed by atoms with van der Waals surface area (Å²) in [5, 5.41) is 0. The molecule has 0 N–H and O–H groups in total. The van der Waals surface area contributed by atoms with Gasteiger partial charge in [-0.25, -0.2) is 9.18 Å². The highest BCUT2D eigenvalue weighted by Gasteiger charge is 2.22. The van der Waals surface area contributed by atoms with Crippen molar-refractivity contribution in [2.24, 2.45) is 0 Å². The van der Waals surface area contributed by atoms with Crippen LogP contribution in [0.25, 0.3) is 11.3 Å². The zero-order valence-electron chi connectivity index (χ0n) is 11.8. The number of nitrogens with zero attached hydrogens (tertiary/aromatic N) is 1. The van der Waals surface area contributed by atoms with Gasteiger partial charge in [0.1, 0.15) is 11.4 Å². The van der Waals surface area contributed by atoms with Crippen LogP contribution < -0.4 is 0 Å². The average molecular weight is 419 g/mol. The van der Waals surface area contributed by atoms with Crippen LogP contribution in [0.3, 0.4) is 0 Å². The molecule has 3 nitrogen and oxygen atoms in total. The van der Waals surface area contributed by atoms with Gasteiger partial charge >= 0.3 is 6.09 Å². The number of rotatable bonds is 1. The van der Waals surface area contributed by atoms with Gasteiger partial charge in [0.25, 0.3) is 0 Å². The van der Waals surface area contributed by atoms with Crippen LogP contribution in [0.5, 0.6) is 0 Å². The van der Waals surface area contributed by atoms with Gasteiger partial charge in [-0.15, -0.1) is 0 Å². The molecule has 21 heavy (non-hydrogen) atoms. The lowest BCUT2D eigenvalue weighted by molar-refractivity contribution is 0.0540. The molecule has 0 atom stereocenters. The molecule has 2 aromatic rings. The highest BCUT2D eigenvalue weighted by atomic mass is 79.9. The normalized spacial score (nSPS) is 11.5. The van der Waals surface area contributed by atoms with Gasteiger partial charge in [-0.2, -0.15) is 0 Å². The minimum atomic E-state index is -0.624. The van der Waals surface area contributed by atoms with E-state index in [4.69, 9.17) is 4.74 Å². The molecule has 0 saturated carbocycles. The highest BCUT2D eigenvalue weighted by molar-refractivity contribution is 9.10. The predicted octanol–water partition coefficient (Wildman–Crippen LogP) is 5.60. The van der Waals surface area contributed by atoms with Gasteiger partial charge in [0, 0.05) is 16.2 Å². The summed E-state index contributed by atoms with van der Waals surface area (Å²) in [6.07, 6.45) is 1.01. The Labute approximate surface area is 139 Å². The average Bonchev–Trinajstić information content (AvgIpc) is 2.73. The smallest absolute Gasteiger partial charge is 0.419 e. The van der Waals surface area contributed by atoms with Crippen molar-refractivity contribution in [1.29, 1.82) is 0 Å². The number of hydrogen-bond acceptors (Lipinski definition) is 2. The fourth-order valence-corrected chi connectivity index (χ4v) is 2.59. The third kappa shape index (κ3) is 3.74. The Bertz CT molecular complexity index is 689. The molecule has 0 aliphatic heterocycles. The van der Waals surface area contributed by atoms with Crippen LogP contribution in [-0.2, 0) is 4.74 Å². The summed E-state index contributed by atoms with van der Waals surface area (Å²) in [4.78, 5) is 12.2. The van der Waals surface area contributed by atoms with Crippen molar-refractivity contribution in [2.75, 3.05) is 0 Å². The Morgan fingerprint density at radius 3 is 2.57 bits per heavy atom. The molecule has 0 unspecified atom stereocenters. The number of halogens is 3. The number of aromatic nitrogens is 1. The topological polar surface area (TPSA) is 31.2 Å². The van der Waals surface area contributed by atoms with Crippen LogP contribution in [0, 0.1) is 5.82 Å². The second-order valence-electron chi connectivity index (χ2n) is 5.50. The molecule has 1 aromatic carbocycles. The molecule has 1 heterocycles. The minimum Gasteiger partial charge on any atom is -0.443 e. The second kappa shape index (κ2) is 5.93. The predicted molar refractivity (Wildman–Crippen MR) is 86.9 cm³/mol. The van der Waals surface area contributed by atoms with Crippen LogP contribution >= 0.6 is 31.9 Å². The van der Waals surface area contributed by atoms with Gasteiger partial charge in [0.15, 0.2) is 0 Å². The lowest BCUT2D eigenvalue weighted by Crippen LogP contribution is -2.27. The van der Waals surface area contributed by atoms with Crippen LogP contribution in [-0.4, -0.2) is 16.3 Å². The molecule has 0 spiro atoms. The summed E-state index contributed by atoms with van der Waals surface area (Å²) in [5.74, 6) is -0.423. The molecule has 0 saturated heterocycles. The molecule has 0 fully saturated rings. The first-order valence-electron chi connectivity index (χ1n) is 6.24. The third-order valence-electron chi connectivity index (χ3n) is 2.60. The van der Waals surface area contributed by atoms with Crippen molar-refractivity contribution < 1.29 is 13.9 Å². The molecule has 0 amide bonds. The van der Waals surface area contributed by atoms with Gasteiger partial charge in [-0.1, -0.05) is 6.07 Å². The Kier molecular flexibility index (Phi) is 4.58. The van der Waals surface area contributed by atoms with Crippen LogP contribution in [0.1, 0.15) is 20.8 Å². The van der Waals surface area contributed by atoms with Crippen LogP contribution in [0.15, 0.2) is 39.4 Å². The summed E-state index contributed by atoms with van der Waals surface area (Å²) in [6, 6.07) is 6.61. The molecule has 112 valence electrons. The van der Waals surface area contributed by atoms with E-state index in [9.17, 15) is 9.18 Å². The van der Waals surface area contributed by atoms with E-state index in [-0.39, 0.29) is 0 Å². The number of ether oxygens (including phenoxy) is 1. The number of carbonyl (C=O) groups excluding carboxylic acids is 1. The molecule has 0 radical (unpaired) electrons. The third-order valence-corrected chi connectivity index (χ3v) is 3.65. The standard InChI is InChI=1S/C15H14Br2FNO2/c1-15(2,3)21-14(20)19-8-9(16)7-12(19)10-5-4-6-11(17)13(10)18/h4-8H,1-3H3. The SMILES string of the molecule is CC(C)(C)OC(=O)n1cc(Br)cc1-c1cccc(Br)c1F. The molecule has 0 aliphatic rings. The van der Waals surface area contributed by atoms with Crippen molar-refractivity contribution >= 4 is 38.0 Å². The molecule has 1 aromatic heterocycles. The van der Waals surface area contributed by atoms with E-state index in [0.29, 0.717) is 20.2 Å². The summed E-state index contributed by atoms with van der Waals surface area (Å²) in [7, 11) is 0. The lowest BCUT2D eigenvalue weighted by Gasteiger charge is -2.20. The lowest BCUT2D eigenvalue weighted by atomic mass is 10.1. The van der Waals surface area contributed by atoms with Gasteiger partial charge in [0.2, 0.25) is 0 Å².